The maximum Gasteiger partial charge on any atom is 0.254 e. The normalized spacial score (nSPS) is 14.6. The topological polar surface area (TPSA) is 55.2 Å². The highest BCUT2D eigenvalue weighted by molar-refractivity contribution is 5.76. The molecule has 4 rings (SSSR count). The third-order valence-corrected chi connectivity index (χ3v) is 5.66. The number of carbonyl (C=O) groups is 1. The van der Waals surface area contributed by atoms with E-state index in [1.807, 2.05) is 11.0 Å². The molecule has 0 atom stereocenters. The quantitative estimate of drug-likeness (QED) is 0.653. The maximum atomic E-state index is 13.1. The molecule has 2 aromatic carbocycles. The van der Waals surface area contributed by atoms with Gasteiger partial charge in [0, 0.05) is 24.7 Å². The first-order valence-electron chi connectivity index (χ1n) is 10.2. The molecule has 3 aromatic rings. The molecule has 5 nitrogen and oxygen atoms in total. The van der Waals surface area contributed by atoms with Gasteiger partial charge in [-0.25, -0.2) is 9.37 Å². The van der Waals surface area contributed by atoms with E-state index in [1.54, 1.807) is 12.1 Å². The standard InChI is InChI=1S/C24H24FN3O2/c25-21-8-6-20(7-9-21)22-15-23(29)28(17-26-22)16-24(30)27-12-10-19(11-13-27)14-18-4-2-1-3-5-18/h1-9,15,17,19H,10-14,16H2. The number of aromatic nitrogens is 2. The number of nitrogens with zero attached hydrogens (tertiary/aromatic N) is 3. The van der Waals surface area contributed by atoms with Gasteiger partial charge in [-0.05, 0) is 55.0 Å². The van der Waals surface area contributed by atoms with Gasteiger partial charge in [-0.3, -0.25) is 14.2 Å². The first-order chi connectivity index (χ1) is 14.6. The van der Waals surface area contributed by atoms with E-state index in [-0.39, 0.29) is 23.8 Å². The number of amides is 1. The molecule has 0 radical (unpaired) electrons. The number of carbonyl (C=O) groups excluding carboxylic acids is 1. The van der Waals surface area contributed by atoms with Crippen LogP contribution < -0.4 is 5.56 Å². The molecule has 2 heterocycles. The van der Waals surface area contributed by atoms with Gasteiger partial charge < -0.3 is 4.90 Å². The summed E-state index contributed by atoms with van der Waals surface area (Å²) < 4.78 is 14.4. The Labute approximate surface area is 174 Å². The van der Waals surface area contributed by atoms with E-state index in [9.17, 15) is 14.0 Å². The van der Waals surface area contributed by atoms with Gasteiger partial charge >= 0.3 is 0 Å². The lowest BCUT2D eigenvalue weighted by Crippen LogP contribution is -2.41. The molecular weight excluding hydrogens is 381 g/mol. The monoisotopic (exact) mass is 405 g/mol. The van der Waals surface area contributed by atoms with Crippen molar-refractivity contribution in [2.45, 2.75) is 25.8 Å². The molecule has 1 saturated heterocycles. The van der Waals surface area contributed by atoms with Crippen molar-refractivity contribution in [3.63, 3.8) is 0 Å². The lowest BCUT2D eigenvalue weighted by molar-refractivity contribution is -0.133. The summed E-state index contributed by atoms with van der Waals surface area (Å²) in [6.45, 7) is 1.41. The van der Waals surface area contributed by atoms with Crippen LogP contribution >= 0.6 is 0 Å². The predicted octanol–water partition coefficient (Wildman–Crippen LogP) is 3.53. The Morgan fingerprint density at radius 3 is 2.40 bits per heavy atom. The Morgan fingerprint density at radius 2 is 1.73 bits per heavy atom. The zero-order valence-corrected chi connectivity index (χ0v) is 16.7. The van der Waals surface area contributed by atoms with Crippen LogP contribution in [0.2, 0.25) is 0 Å². The lowest BCUT2D eigenvalue weighted by atomic mass is 9.90. The van der Waals surface area contributed by atoms with E-state index in [0.717, 1.165) is 19.3 Å². The molecule has 0 saturated carbocycles. The first kappa shape index (κ1) is 20.0. The molecule has 0 N–H and O–H groups in total. The maximum absolute atomic E-state index is 13.1. The van der Waals surface area contributed by atoms with Gasteiger partial charge in [0.15, 0.2) is 0 Å². The Balaban J connectivity index is 1.34. The molecule has 1 aliphatic rings. The molecule has 0 spiro atoms. The molecule has 6 heteroatoms. The average Bonchev–Trinajstić information content (AvgIpc) is 2.77. The fourth-order valence-electron chi connectivity index (χ4n) is 3.90. The van der Waals surface area contributed by atoms with Gasteiger partial charge in [0.25, 0.3) is 5.56 Å². The molecule has 0 aliphatic carbocycles. The molecule has 30 heavy (non-hydrogen) atoms. The second-order valence-corrected chi connectivity index (χ2v) is 7.76. The number of hydrogen-bond acceptors (Lipinski definition) is 3. The number of benzene rings is 2. The highest BCUT2D eigenvalue weighted by Gasteiger charge is 2.23. The van der Waals surface area contributed by atoms with Crippen molar-refractivity contribution in [1.29, 1.82) is 0 Å². The largest absolute Gasteiger partial charge is 0.341 e. The second-order valence-electron chi connectivity index (χ2n) is 7.76. The van der Waals surface area contributed by atoms with Crippen LogP contribution in [0.25, 0.3) is 11.3 Å². The van der Waals surface area contributed by atoms with Crippen LogP contribution in [0, 0.1) is 11.7 Å². The SMILES string of the molecule is O=C(Cn1cnc(-c2ccc(F)cc2)cc1=O)N1CCC(Cc2ccccc2)CC1. The summed E-state index contributed by atoms with van der Waals surface area (Å²) in [4.78, 5) is 31.2. The molecule has 0 unspecified atom stereocenters. The van der Waals surface area contributed by atoms with Crippen molar-refractivity contribution in [2.75, 3.05) is 13.1 Å². The summed E-state index contributed by atoms with van der Waals surface area (Å²) >= 11 is 0. The molecule has 0 bridgehead atoms. The fourth-order valence-corrected chi connectivity index (χ4v) is 3.90. The van der Waals surface area contributed by atoms with Crippen molar-refractivity contribution < 1.29 is 9.18 Å². The minimum absolute atomic E-state index is 0.0150. The number of halogens is 1. The summed E-state index contributed by atoms with van der Waals surface area (Å²) in [6, 6.07) is 17.6. The highest BCUT2D eigenvalue weighted by atomic mass is 19.1. The zero-order chi connectivity index (χ0) is 20.9. The lowest BCUT2D eigenvalue weighted by Gasteiger charge is -2.32. The van der Waals surface area contributed by atoms with Gasteiger partial charge in [0.2, 0.25) is 5.91 Å². The smallest absolute Gasteiger partial charge is 0.254 e. The first-order valence-corrected chi connectivity index (χ1v) is 10.2. The Kier molecular flexibility index (Phi) is 6.02. The van der Waals surface area contributed by atoms with E-state index in [1.165, 1.54) is 34.7 Å². The number of hydrogen-bond donors (Lipinski definition) is 0. The molecular formula is C24H24FN3O2. The predicted molar refractivity (Wildman–Crippen MR) is 113 cm³/mol. The van der Waals surface area contributed by atoms with Gasteiger partial charge in [-0.15, -0.1) is 0 Å². The summed E-state index contributed by atoms with van der Waals surface area (Å²) in [5.41, 5.74) is 2.16. The third-order valence-electron chi connectivity index (χ3n) is 5.66. The van der Waals surface area contributed by atoms with Crippen molar-refractivity contribution >= 4 is 5.91 Å². The number of piperidine rings is 1. The van der Waals surface area contributed by atoms with E-state index in [0.29, 0.717) is 30.3 Å². The second kappa shape index (κ2) is 9.03. The zero-order valence-electron chi connectivity index (χ0n) is 16.7. The van der Waals surface area contributed by atoms with Gasteiger partial charge in [0.05, 0.1) is 12.0 Å². The van der Waals surface area contributed by atoms with Crippen LogP contribution in [0.5, 0.6) is 0 Å². The number of rotatable bonds is 5. The molecule has 1 aromatic heterocycles. The van der Waals surface area contributed by atoms with Crippen LogP contribution in [-0.4, -0.2) is 33.4 Å². The minimum atomic E-state index is -0.342. The Hall–Kier alpha value is -3.28. The Morgan fingerprint density at radius 1 is 1.03 bits per heavy atom. The van der Waals surface area contributed by atoms with Crippen molar-refractivity contribution in [3.05, 3.63) is 88.7 Å². The van der Waals surface area contributed by atoms with Gasteiger partial charge in [-0.2, -0.15) is 0 Å². The van der Waals surface area contributed by atoms with E-state index in [2.05, 4.69) is 29.2 Å². The summed E-state index contributed by atoms with van der Waals surface area (Å²) in [5, 5.41) is 0. The van der Waals surface area contributed by atoms with Crippen molar-refractivity contribution in [1.82, 2.24) is 14.5 Å². The highest BCUT2D eigenvalue weighted by Crippen LogP contribution is 2.22. The molecule has 1 fully saturated rings. The summed E-state index contributed by atoms with van der Waals surface area (Å²) in [6.07, 6.45) is 4.37. The van der Waals surface area contributed by atoms with Crippen LogP contribution in [0.1, 0.15) is 18.4 Å². The molecule has 1 amide bonds. The average molecular weight is 405 g/mol. The molecule has 1 aliphatic heterocycles. The van der Waals surface area contributed by atoms with Crippen molar-refractivity contribution in [3.8, 4) is 11.3 Å². The van der Waals surface area contributed by atoms with E-state index in [4.69, 9.17) is 0 Å². The van der Waals surface area contributed by atoms with E-state index < -0.39 is 0 Å². The van der Waals surface area contributed by atoms with Gasteiger partial charge in [0.1, 0.15) is 12.4 Å². The van der Waals surface area contributed by atoms with Crippen LogP contribution in [0.15, 0.2) is 71.8 Å². The summed E-state index contributed by atoms with van der Waals surface area (Å²) in [5.74, 6) is 0.174. The fraction of sp³-hybridized carbons (Fsp3) is 0.292. The Bertz CT molecular complexity index is 1060. The van der Waals surface area contributed by atoms with Crippen molar-refractivity contribution in [2.24, 2.45) is 5.92 Å². The van der Waals surface area contributed by atoms with Crippen LogP contribution in [0.4, 0.5) is 4.39 Å². The summed E-state index contributed by atoms with van der Waals surface area (Å²) in [7, 11) is 0. The third kappa shape index (κ3) is 4.82. The van der Waals surface area contributed by atoms with Crippen LogP contribution in [0.3, 0.4) is 0 Å². The number of likely N-dealkylation sites (tertiary alicyclic amines) is 1. The van der Waals surface area contributed by atoms with E-state index >= 15 is 0 Å². The minimum Gasteiger partial charge on any atom is -0.341 e. The van der Waals surface area contributed by atoms with Gasteiger partial charge in [-0.1, -0.05) is 30.3 Å². The van der Waals surface area contributed by atoms with Crippen LogP contribution in [-0.2, 0) is 17.8 Å². The molecule has 154 valence electrons.